The van der Waals surface area contributed by atoms with Crippen molar-refractivity contribution in [3.05, 3.63) is 30.1 Å². The van der Waals surface area contributed by atoms with Crippen molar-refractivity contribution in [3.8, 4) is 11.5 Å². The van der Waals surface area contributed by atoms with E-state index in [9.17, 15) is 8.42 Å². The molecule has 25 heavy (non-hydrogen) atoms. The Hall–Kier alpha value is -2.59. The highest BCUT2D eigenvalue weighted by Gasteiger charge is 2.17. The molecule has 0 spiro atoms. The lowest BCUT2D eigenvalue weighted by Crippen LogP contribution is -2.26. The number of pyridine rings is 1. The monoisotopic (exact) mass is 361 g/mol. The van der Waals surface area contributed by atoms with Crippen LogP contribution in [0.1, 0.15) is 5.69 Å². The summed E-state index contributed by atoms with van der Waals surface area (Å²) in [7, 11) is -0.102. The van der Waals surface area contributed by atoms with Crippen LogP contribution in [0.3, 0.4) is 0 Å². The largest absolute Gasteiger partial charge is 0.368 e. The van der Waals surface area contributed by atoms with Gasteiger partial charge in [-0.05, 0) is 26.1 Å². The molecule has 0 amide bonds. The third-order valence-electron chi connectivity index (χ3n) is 3.73. The molecule has 2 N–H and O–H groups in total. The van der Waals surface area contributed by atoms with Gasteiger partial charge in [0.15, 0.2) is 11.5 Å². The van der Waals surface area contributed by atoms with Gasteiger partial charge < -0.3 is 5.32 Å². The predicted octanol–water partition coefficient (Wildman–Crippen LogP) is 0.695. The van der Waals surface area contributed by atoms with E-state index in [1.54, 1.807) is 17.9 Å². The van der Waals surface area contributed by atoms with Crippen molar-refractivity contribution < 1.29 is 8.42 Å². The van der Waals surface area contributed by atoms with Crippen molar-refractivity contribution >= 4 is 26.9 Å². The molecule has 0 unspecified atom stereocenters. The van der Waals surface area contributed by atoms with Crippen LogP contribution in [0.2, 0.25) is 0 Å². The first-order valence-corrected chi connectivity index (χ1v) is 9.34. The number of aryl methyl sites for hydroxylation is 2. The van der Waals surface area contributed by atoms with E-state index in [0.717, 1.165) is 11.1 Å². The van der Waals surface area contributed by atoms with Crippen LogP contribution in [-0.2, 0) is 17.1 Å². The SMILES string of the molecule is CNS(=O)(=O)CCNc1nc(-c2ccccn2)nc2c1c(C)nn2C. The van der Waals surface area contributed by atoms with Gasteiger partial charge in [0, 0.05) is 19.8 Å². The molecule has 0 bridgehead atoms. The Balaban J connectivity index is 2.03. The van der Waals surface area contributed by atoms with Gasteiger partial charge in [-0.15, -0.1) is 0 Å². The fourth-order valence-electron chi connectivity index (χ4n) is 2.48. The maximum absolute atomic E-state index is 11.6. The second kappa shape index (κ2) is 6.73. The van der Waals surface area contributed by atoms with E-state index in [0.29, 0.717) is 23.0 Å². The Labute approximate surface area is 145 Å². The Morgan fingerprint density at radius 2 is 2.04 bits per heavy atom. The van der Waals surface area contributed by atoms with E-state index in [4.69, 9.17) is 0 Å². The molecular weight excluding hydrogens is 342 g/mol. The minimum Gasteiger partial charge on any atom is -0.368 e. The average Bonchev–Trinajstić information content (AvgIpc) is 2.90. The van der Waals surface area contributed by atoms with Gasteiger partial charge in [-0.25, -0.2) is 23.1 Å². The molecule has 3 aromatic rings. The maximum Gasteiger partial charge on any atom is 0.213 e. The highest BCUT2D eigenvalue weighted by molar-refractivity contribution is 7.89. The van der Waals surface area contributed by atoms with Crippen LogP contribution in [0.5, 0.6) is 0 Å². The van der Waals surface area contributed by atoms with E-state index >= 15 is 0 Å². The molecule has 10 heteroatoms. The highest BCUT2D eigenvalue weighted by atomic mass is 32.2. The first-order chi connectivity index (χ1) is 11.9. The summed E-state index contributed by atoms with van der Waals surface area (Å²) in [5.74, 6) is 0.936. The van der Waals surface area contributed by atoms with E-state index in [-0.39, 0.29) is 12.3 Å². The number of nitrogens with zero attached hydrogens (tertiary/aromatic N) is 5. The number of aromatic nitrogens is 5. The summed E-state index contributed by atoms with van der Waals surface area (Å²) in [6.07, 6.45) is 1.67. The summed E-state index contributed by atoms with van der Waals surface area (Å²) < 4.78 is 27.2. The summed E-state index contributed by atoms with van der Waals surface area (Å²) in [4.78, 5) is 13.4. The minimum atomic E-state index is -3.30. The first-order valence-electron chi connectivity index (χ1n) is 7.69. The van der Waals surface area contributed by atoms with Crippen LogP contribution in [0.25, 0.3) is 22.6 Å². The van der Waals surface area contributed by atoms with Gasteiger partial charge in [-0.2, -0.15) is 5.10 Å². The summed E-state index contributed by atoms with van der Waals surface area (Å²) in [6, 6.07) is 5.49. The second-order valence-electron chi connectivity index (χ2n) is 5.47. The Morgan fingerprint density at radius 1 is 1.24 bits per heavy atom. The van der Waals surface area contributed by atoms with Gasteiger partial charge in [0.2, 0.25) is 10.0 Å². The Kier molecular flexibility index (Phi) is 4.64. The Bertz CT molecular complexity index is 1000. The molecule has 0 radical (unpaired) electrons. The van der Waals surface area contributed by atoms with Crippen molar-refractivity contribution in [3.63, 3.8) is 0 Å². The van der Waals surface area contributed by atoms with Gasteiger partial charge in [0.25, 0.3) is 0 Å². The molecule has 132 valence electrons. The van der Waals surface area contributed by atoms with Gasteiger partial charge >= 0.3 is 0 Å². The molecule has 0 saturated carbocycles. The number of hydrogen-bond donors (Lipinski definition) is 2. The molecule has 0 aliphatic rings. The van der Waals surface area contributed by atoms with Crippen molar-refractivity contribution in [1.29, 1.82) is 0 Å². The molecule has 0 aromatic carbocycles. The zero-order valence-electron chi connectivity index (χ0n) is 14.2. The molecule has 9 nitrogen and oxygen atoms in total. The highest BCUT2D eigenvalue weighted by Crippen LogP contribution is 2.26. The normalized spacial score (nSPS) is 11.8. The third kappa shape index (κ3) is 3.59. The molecule has 3 aromatic heterocycles. The zero-order chi connectivity index (χ0) is 18.0. The van der Waals surface area contributed by atoms with Crippen molar-refractivity contribution in [2.75, 3.05) is 24.7 Å². The third-order valence-corrected chi connectivity index (χ3v) is 5.09. The summed E-state index contributed by atoms with van der Waals surface area (Å²) in [5, 5.41) is 8.24. The lowest BCUT2D eigenvalue weighted by molar-refractivity contribution is 0.588. The number of nitrogens with one attached hydrogen (secondary N) is 2. The lowest BCUT2D eigenvalue weighted by atomic mass is 10.2. The fourth-order valence-corrected chi connectivity index (χ4v) is 3.06. The topological polar surface area (TPSA) is 115 Å². The van der Waals surface area contributed by atoms with Gasteiger partial charge in [0.05, 0.1) is 16.8 Å². The van der Waals surface area contributed by atoms with Crippen LogP contribution < -0.4 is 10.0 Å². The quantitative estimate of drug-likeness (QED) is 0.664. The molecule has 3 heterocycles. The maximum atomic E-state index is 11.6. The number of rotatable bonds is 6. The number of sulfonamides is 1. The zero-order valence-corrected chi connectivity index (χ0v) is 15.0. The molecule has 0 atom stereocenters. The standard InChI is InChI=1S/C15H19N7O2S/c1-10-12-14(18-8-9-25(23,24)16-2)19-13(11-6-4-5-7-17-11)20-15(12)22(3)21-10/h4-7,16H,8-9H2,1-3H3,(H,18,19,20). The molecule has 0 saturated heterocycles. The van der Waals surface area contributed by atoms with Gasteiger partial charge in [-0.3, -0.25) is 9.67 Å². The van der Waals surface area contributed by atoms with E-state index in [1.165, 1.54) is 7.05 Å². The van der Waals surface area contributed by atoms with Crippen LogP contribution in [0.4, 0.5) is 5.82 Å². The van der Waals surface area contributed by atoms with Gasteiger partial charge in [-0.1, -0.05) is 6.07 Å². The van der Waals surface area contributed by atoms with Gasteiger partial charge in [0.1, 0.15) is 11.5 Å². The smallest absolute Gasteiger partial charge is 0.213 e. The Morgan fingerprint density at radius 3 is 2.72 bits per heavy atom. The van der Waals surface area contributed by atoms with Crippen LogP contribution in [-0.4, -0.2) is 52.5 Å². The average molecular weight is 361 g/mol. The van der Waals surface area contributed by atoms with E-state index in [2.05, 4.69) is 30.1 Å². The molecule has 0 fully saturated rings. The van der Waals surface area contributed by atoms with Crippen molar-refractivity contribution in [2.24, 2.45) is 7.05 Å². The predicted molar refractivity (Wildman–Crippen MR) is 95.6 cm³/mol. The van der Waals surface area contributed by atoms with Crippen molar-refractivity contribution in [2.45, 2.75) is 6.92 Å². The van der Waals surface area contributed by atoms with Crippen LogP contribution in [0, 0.1) is 6.92 Å². The van der Waals surface area contributed by atoms with E-state index < -0.39 is 10.0 Å². The number of hydrogen-bond acceptors (Lipinski definition) is 7. The molecule has 0 aliphatic heterocycles. The van der Waals surface area contributed by atoms with Crippen LogP contribution in [0.15, 0.2) is 24.4 Å². The first kappa shape index (κ1) is 17.2. The molecule has 0 aliphatic carbocycles. The second-order valence-corrected chi connectivity index (χ2v) is 7.51. The summed E-state index contributed by atoms with van der Waals surface area (Å²) in [6.45, 7) is 2.08. The van der Waals surface area contributed by atoms with Crippen molar-refractivity contribution in [1.82, 2.24) is 29.5 Å². The van der Waals surface area contributed by atoms with E-state index in [1.807, 2.05) is 25.1 Å². The number of fused-ring (bicyclic) bond motifs is 1. The minimum absolute atomic E-state index is 0.0623. The fraction of sp³-hybridized carbons (Fsp3) is 0.333. The molecule has 3 rings (SSSR count). The molecular formula is C15H19N7O2S. The number of anilines is 1. The summed E-state index contributed by atoms with van der Waals surface area (Å²) >= 11 is 0. The summed E-state index contributed by atoms with van der Waals surface area (Å²) in [5.41, 5.74) is 2.06. The lowest BCUT2D eigenvalue weighted by Gasteiger charge is -2.09. The van der Waals surface area contributed by atoms with Crippen LogP contribution >= 0.6 is 0 Å².